The first-order valence-corrected chi connectivity index (χ1v) is 9.90. The molecular formula is C22H43NO. The van der Waals surface area contributed by atoms with Crippen molar-refractivity contribution in [2.45, 2.75) is 107 Å². The fourth-order valence-corrected chi connectivity index (χ4v) is 5.37. The van der Waals surface area contributed by atoms with Crippen molar-refractivity contribution in [3.05, 3.63) is 0 Å². The molecule has 0 radical (unpaired) electrons. The highest BCUT2D eigenvalue weighted by molar-refractivity contribution is 5.83. The number of carbonyl (C=O) groups is 1. The third-order valence-corrected chi connectivity index (χ3v) is 7.31. The van der Waals surface area contributed by atoms with Crippen molar-refractivity contribution in [3.63, 3.8) is 0 Å². The van der Waals surface area contributed by atoms with Crippen molar-refractivity contribution in [1.29, 1.82) is 0 Å². The van der Waals surface area contributed by atoms with Crippen LogP contribution >= 0.6 is 0 Å². The lowest BCUT2D eigenvalue weighted by atomic mass is 9.51. The van der Waals surface area contributed by atoms with Gasteiger partial charge in [-0.2, -0.15) is 0 Å². The first-order valence-electron chi connectivity index (χ1n) is 9.90. The fourth-order valence-electron chi connectivity index (χ4n) is 5.37. The minimum atomic E-state index is -0.279. The molecular weight excluding hydrogens is 294 g/mol. The molecule has 0 aromatic heterocycles. The number of hydrogen-bond acceptors (Lipinski definition) is 2. The van der Waals surface area contributed by atoms with Crippen molar-refractivity contribution < 1.29 is 4.79 Å². The molecule has 1 fully saturated rings. The molecule has 0 amide bonds. The third kappa shape index (κ3) is 4.42. The Kier molecular flexibility index (Phi) is 6.09. The van der Waals surface area contributed by atoms with Crippen molar-refractivity contribution in [1.82, 2.24) is 5.32 Å². The second-order valence-electron chi connectivity index (χ2n) is 10.9. The second kappa shape index (κ2) is 6.74. The van der Waals surface area contributed by atoms with E-state index in [1.807, 2.05) is 6.92 Å². The minimum absolute atomic E-state index is 0.00719. The number of carbonyl (C=O) groups excluding carboxylic acids is 1. The van der Waals surface area contributed by atoms with Crippen LogP contribution in [0, 0.1) is 21.7 Å². The smallest absolute Gasteiger partial charge is 0.136 e. The predicted molar refractivity (Wildman–Crippen MR) is 105 cm³/mol. The number of ketones is 1. The van der Waals surface area contributed by atoms with E-state index in [9.17, 15) is 4.79 Å². The van der Waals surface area contributed by atoms with Gasteiger partial charge in [0.05, 0.1) is 0 Å². The lowest BCUT2D eigenvalue weighted by Crippen LogP contribution is -2.55. The van der Waals surface area contributed by atoms with Crippen molar-refractivity contribution in [3.8, 4) is 0 Å². The molecule has 0 aromatic carbocycles. The van der Waals surface area contributed by atoms with Gasteiger partial charge in [-0.25, -0.2) is 0 Å². The Morgan fingerprint density at radius 3 is 1.83 bits per heavy atom. The molecule has 1 heterocycles. The summed E-state index contributed by atoms with van der Waals surface area (Å²) in [6.45, 7) is 23.8. The van der Waals surface area contributed by atoms with Gasteiger partial charge in [0.25, 0.3) is 0 Å². The molecule has 0 saturated carbocycles. The molecule has 1 saturated heterocycles. The zero-order valence-electron chi connectivity index (χ0n) is 18.2. The zero-order chi connectivity index (χ0) is 19.0. The standard InChI is InChI=1S/C22H43NO/c1-11-20(8)13-18(4,5)16-23-19(6,7)14-21(9,12-2)22(10,15-20)17(3)24/h23H,11-16H2,1-10H3/t20-,21+,22?/m0/s1. The van der Waals surface area contributed by atoms with Gasteiger partial charge in [0.1, 0.15) is 5.78 Å². The molecule has 2 nitrogen and oxygen atoms in total. The molecule has 1 rings (SSSR count). The van der Waals surface area contributed by atoms with E-state index in [1.165, 1.54) is 0 Å². The normalized spacial score (nSPS) is 40.1. The van der Waals surface area contributed by atoms with Crippen LogP contribution in [-0.4, -0.2) is 17.9 Å². The van der Waals surface area contributed by atoms with E-state index < -0.39 is 0 Å². The Hall–Kier alpha value is -0.370. The maximum Gasteiger partial charge on any atom is 0.136 e. The van der Waals surface area contributed by atoms with Crippen LogP contribution in [0.4, 0.5) is 0 Å². The van der Waals surface area contributed by atoms with E-state index >= 15 is 0 Å². The molecule has 1 unspecified atom stereocenters. The molecule has 0 spiro atoms. The Balaban J connectivity index is 3.48. The summed E-state index contributed by atoms with van der Waals surface area (Å²) in [5.74, 6) is 0.362. The Morgan fingerprint density at radius 2 is 1.42 bits per heavy atom. The SMILES string of the molecule is CC[C@@]1(C)CC(C)(C)CNC(C)(C)C[C@@](C)(CC)C(C)(C(C)=O)C1. The van der Waals surface area contributed by atoms with Crippen LogP contribution in [0.2, 0.25) is 0 Å². The Labute approximate surface area is 151 Å². The van der Waals surface area contributed by atoms with Crippen molar-refractivity contribution in [2.75, 3.05) is 6.54 Å². The summed E-state index contributed by atoms with van der Waals surface area (Å²) in [7, 11) is 0. The molecule has 0 aliphatic carbocycles. The lowest BCUT2D eigenvalue weighted by Gasteiger charge is -2.54. The Bertz CT molecular complexity index is 467. The van der Waals surface area contributed by atoms with Crippen LogP contribution in [0.15, 0.2) is 0 Å². The van der Waals surface area contributed by atoms with E-state index in [-0.39, 0.29) is 27.2 Å². The molecule has 1 N–H and O–H groups in total. The summed E-state index contributed by atoms with van der Waals surface area (Å²) in [4.78, 5) is 12.9. The highest BCUT2D eigenvalue weighted by atomic mass is 16.1. The lowest BCUT2D eigenvalue weighted by molar-refractivity contribution is -0.139. The molecule has 2 heteroatoms. The van der Waals surface area contributed by atoms with Gasteiger partial charge in [-0.3, -0.25) is 4.79 Å². The zero-order valence-corrected chi connectivity index (χ0v) is 18.2. The van der Waals surface area contributed by atoms with Gasteiger partial charge in [0, 0.05) is 17.5 Å². The van der Waals surface area contributed by atoms with Crippen LogP contribution in [0.1, 0.15) is 101 Å². The summed E-state index contributed by atoms with van der Waals surface area (Å²) in [5, 5.41) is 3.84. The molecule has 24 heavy (non-hydrogen) atoms. The number of Topliss-reactive ketones (excluding diaryl/α,β-unsaturated/α-hetero) is 1. The third-order valence-electron chi connectivity index (χ3n) is 7.31. The highest BCUT2D eigenvalue weighted by Crippen LogP contribution is 2.56. The summed E-state index contributed by atoms with van der Waals surface area (Å²) >= 11 is 0. The van der Waals surface area contributed by atoms with E-state index in [0.717, 1.165) is 38.6 Å². The summed E-state index contributed by atoms with van der Waals surface area (Å²) < 4.78 is 0. The van der Waals surface area contributed by atoms with Gasteiger partial charge in [0.2, 0.25) is 0 Å². The quantitative estimate of drug-likeness (QED) is 0.685. The number of hydrogen-bond donors (Lipinski definition) is 1. The molecule has 142 valence electrons. The maximum absolute atomic E-state index is 12.9. The fraction of sp³-hybridized carbons (Fsp3) is 0.955. The summed E-state index contributed by atoms with van der Waals surface area (Å²) in [5.41, 5.74) is 0.202. The topological polar surface area (TPSA) is 29.1 Å². The Morgan fingerprint density at radius 1 is 0.875 bits per heavy atom. The van der Waals surface area contributed by atoms with Gasteiger partial charge in [-0.05, 0) is 62.7 Å². The van der Waals surface area contributed by atoms with E-state index in [4.69, 9.17) is 0 Å². The molecule has 1 aliphatic rings. The maximum atomic E-state index is 12.9. The van der Waals surface area contributed by atoms with Gasteiger partial charge >= 0.3 is 0 Å². The van der Waals surface area contributed by atoms with Gasteiger partial charge in [-0.1, -0.05) is 54.9 Å². The largest absolute Gasteiger partial charge is 0.311 e. The first kappa shape index (κ1) is 21.7. The molecule has 0 bridgehead atoms. The summed E-state index contributed by atoms with van der Waals surface area (Å²) in [6, 6.07) is 0. The molecule has 1 aliphatic heterocycles. The average Bonchev–Trinajstić information content (AvgIpc) is 2.43. The van der Waals surface area contributed by atoms with Crippen LogP contribution in [0.3, 0.4) is 0 Å². The molecule has 0 aromatic rings. The predicted octanol–water partition coefficient (Wildman–Crippen LogP) is 5.99. The van der Waals surface area contributed by atoms with Gasteiger partial charge in [0.15, 0.2) is 0 Å². The number of rotatable bonds is 3. The van der Waals surface area contributed by atoms with Crippen LogP contribution in [-0.2, 0) is 4.79 Å². The minimum Gasteiger partial charge on any atom is -0.311 e. The van der Waals surface area contributed by atoms with Crippen LogP contribution in [0.5, 0.6) is 0 Å². The number of nitrogens with one attached hydrogen (secondary N) is 1. The van der Waals surface area contributed by atoms with E-state index in [0.29, 0.717) is 5.78 Å². The van der Waals surface area contributed by atoms with E-state index in [1.54, 1.807) is 0 Å². The van der Waals surface area contributed by atoms with Crippen LogP contribution in [0.25, 0.3) is 0 Å². The highest BCUT2D eigenvalue weighted by Gasteiger charge is 2.53. The van der Waals surface area contributed by atoms with Crippen molar-refractivity contribution in [2.24, 2.45) is 21.7 Å². The average molecular weight is 338 g/mol. The monoisotopic (exact) mass is 337 g/mol. The van der Waals surface area contributed by atoms with E-state index in [2.05, 4.69) is 67.6 Å². The van der Waals surface area contributed by atoms with Gasteiger partial charge in [-0.15, -0.1) is 0 Å². The van der Waals surface area contributed by atoms with Crippen LogP contribution < -0.4 is 5.32 Å². The first-order chi connectivity index (χ1) is 10.6. The molecule has 3 atom stereocenters. The van der Waals surface area contributed by atoms with Gasteiger partial charge < -0.3 is 5.32 Å². The second-order valence-corrected chi connectivity index (χ2v) is 10.9. The van der Waals surface area contributed by atoms with Crippen molar-refractivity contribution >= 4 is 5.78 Å². The summed E-state index contributed by atoms with van der Waals surface area (Å²) in [6.07, 6.45) is 5.35.